The van der Waals surface area contributed by atoms with E-state index < -0.39 is 0 Å². The van der Waals surface area contributed by atoms with Crippen molar-refractivity contribution in [1.29, 1.82) is 0 Å². The summed E-state index contributed by atoms with van der Waals surface area (Å²) in [6.45, 7) is 1.57. The molecule has 2 N–H and O–H groups in total. The van der Waals surface area contributed by atoms with Gasteiger partial charge in [0.05, 0.1) is 6.54 Å². The van der Waals surface area contributed by atoms with Gasteiger partial charge in [-0.25, -0.2) is 0 Å². The van der Waals surface area contributed by atoms with Crippen LogP contribution in [0.2, 0.25) is 0 Å². The monoisotopic (exact) mass is 426 g/mol. The van der Waals surface area contributed by atoms with Crippen molar-refractivity contribution in [2.75, 3.05) is 32.1 Å². The summed E-state index contributed by atoms with van der Waals surface area (Å²) in [6, 6.07) is 5.94. The van der Waals surface area contributed by atoms with Crippen LogP contribution in [-0.2, 0) is 9.53 Å². The molecule has 1 aromatic rings. The lowest BCUT2D eigenvalue weighted by molar-refractivity contribution is -0.119. The maximum absolute atomic E-state index is 11.5. The van der Waals surface area contributed by atoms with Crippen LogP contribution in [0.4, 0.5) is 5.69 Å². The lowest BCUT2D eigenvalue weighted by atomic mass is 10.3. The van der Waals surface area contributed by atoms with Crippen LogP contribution >= 0.6 is 38.5 Å². The van der Waals surface area contributed by atoms with E-state index in [1.165, 1.54) is 0 Å². The summed E-state index contributed by atoms with van der Waals surface area (Å²) in [5, 5.41) is 5.91. The maximum atomic E-state index is 11.5. The third-order valence-electron chi connectivity index (χ3n) is 2.22. The van der Waals surface area contributed by atoms with Crippen molar-refractivity contribution >= 4 is 50.1 Å². The Balaban J connectivity index is 2.29. The molecule has 0 atom stereocenters. The summed E-state index contributed by atoms with van der Waals surface area (Å²) in [6.07, 6.45) is 0.829. The molecule has 6 heteroatoms. The Morgan fingerprint density at radius 2 is 2.28 bits per heavy atom. The summed E-state index contributed by atoms with van der Waals surface area (Å²) < 4.78 is 7.01. The lowest BCUT2D eigenvalue weighted by Gasteiger charge is -2.09. The summed E-state index contributed by atoms with van der Waals surface area (Å²) in [5.41, 5.74) is 0.919. The molecule has 18 heavy (non-hydrogen) atoms. The van der Waals surface area contributed by atoms with Gasteiger partial charge in [-0.1, -0.05) is 0 Å². The van der Waals surface area contributed by atoms with Crippen LogP contribution < -0.4 is 10.6 Å². The standard InChI is InChI=1S/C12H16BrIN2O2/c1-18-6-2-5-15-12(17)8-16-11-4-3-9(14)7-10(11)13/h3-4,7,16H,2,5-6,8H2,1H3,(H,15,17). The molecule has 0 spiro atoms. The van der Waals surface area contributed by atoms with Crippen LogP contribution in [0, 0.1) is 3.57 Å². The van der Waals surface area contributed by atoms with Crippen LogP contribution in [-0.4, -0.2) is 32.7 Å². The normalized spacial score (nSPS) is 10.2. The molecule has 0 aliphatic carbocycles. The van der Waals surface area contributed by atoms with Gasteiger partial charge in [-0.2, -0.15) is 0 Å². The predicted octanol–water partition coefficient (Wildman–Crippen LogP) is 2.62. The highest BCUT2D eigenvalue weighted by Gasteiger charge is 2.03. The van der Waals surface area contributed by atoms with E-state index in [4.69, 9.17) is 4.74 Å². The molecule has 0 fully saturated rings. The smallest absolute Gasteiger partial charge is 0.239 e. The van der Waals surface area contributed by atoms with Crippen molar-refractivity contribution in [2.24, 2.45) is 0 Å². The third-order valence-corrected chi connectivity index (χ3v) is 3.55. The topological polar surface area (TPSA) is 50.4 Å². The lowest BCUT2D eigenvalue weighted by Crippen LogP contribution is -2.31. The van der Waals surface area contributed by atoms with Gasteiger partial charge in [-0.05, 0) is 63.1 Å². The number of methoxy groups -OCH3 is 1. The van der Waals surface area contributed by atoms with E-state index in [1.54, 1.807) is 7.11 Å². The molecule has 1 aromatic carbocycles. The number of anilines is 1. The Hall–Kier alpha value is -0.340. The Morgan fingerprint density at radius 1 is 1.50 bits per heavy atom. The average Bonchev–Trinajstić information content (AvgIpc) is 2.33. The zero-order valence-corrected chi connectivity index (χ0v) is 13.9. The number of rotatable bonds is 7. The molecule has 0 bridgehead atoms. The van der Waals surface area contributed by atoms with Gasteiger partial charge in [-0.15, -0.1) is 0 Å². The van der Waals surface area contributed by atoms with Gasteiger partial charge < -0.3 is 15.4 Å². The molecular formula is C12H16BrIN2O2. The Bertz CT molecular complexity index is 402. The van der Waals surface area contributed by atoms with E-state index in [-0.39, 0.29) is 12.5 Å². The van der Waals surface area contributed by atoms with Crippen molar-refractivity contribution in [1.82, 2.24) is 5.32 Å². The van der Waals surface area contributed by atoms with Crippen molar-refractivity contribution in [3.05, 3.63) is 26.2 Å². The van der Waals surface area contributed by atoms with E-state index in [1.807, 2.05) is 18.2 Å². The number of amides is 1. The first kappa shape index (κ1) is 15.7. The minimum absolute atomic E-state index is 0.0171. The number of ether oxygens (including phenoxy) is 1. The van der Waals surface area contributed by atoms with Gasteiger partial charge in [-0.3, -0.25) is 4.79 Å². The van der Waals surface area contributed by atoms with Crippen LogP contribution in [0.1, 0.15) is 6.42 Å². The number of hydrogen-bond donors (Lipinski definition) is 2. The van der Waals surface area contributed by atoms with E-state index in [0.29, 0.717) is 13.2 Å². The molecule has 1 rings (SSSR count). The van der Waals surface area contributed by atoms with Crippen LogP contribution in [0.5, 0.6) is 0 Å². The number of halogens is 2. The van der Waals surface area contributed by atoms with Gasteiger partial charge in [0.25, 0.3) is 0 Å². The molecule has 4 nitrogen and oxygen atoms in total. The largest absolute Gasteiger partial charge is 0.385 e. The van der Waals surface area contributed by atoms with Gasteiger partial charge in [0, 0.05) is 34.0 Å². The summed E-state index contributed by atoms with van der Waals surface area (Å²) in [7, 11) is 1.65. The second-order valence-electron chi connectivity index (χ2n) is 3.67. The quantitative estimate of drug-likeness (QED) is 0.520. The molecule has 0 saturated carbocycles. The van der Waals surface area contributed by atoms with Crippen LogP contribution in [0.3, 0.4) is 0 Å². The summed E-state index contributed by atoms with van der Waals surface area (Å²) in [4.78, 5) is 11.5. The molecule has 0 heterocycles. The molecule has 0 aliphatic rings. The first-order valence-electron chi connectivity index (χ1n) is 5.58. The molecule has 100 valence electrons. The highest BCUT2D eigenvalue weighted by atomic mass is 127. The van der Waals surface area contributed by atoms with Crippen molar-refractivity contribution < 1.29 is 9.53 Å². The van der Waals surface area contributed by atoms with Crippen LogP contribution in [0.25, 0.3) is 0 Å². The fourth-order valence-electron chi connectivity index (χ4n) is 1.32. The van der Waals surface area contributed by atoms with E-state index in [2.05, 4.69) is 49.2 Å². The van der Waals surface area contributed by atoms with Crippen molar-refractivity contribution in [3.8, 4) is 0 Å². The van der Waals surface area contributed by atoms with E-state index in [0.717, 1.165) is 20.2 Å². The summed E-state index contributed by atoms with van der Waals surface area (Å²) >= 11 is 5.70. The van der Waals surface area contributed by atoms with E-state index in [9.17, 15) is 4.79 Å². The zero-order chi connectivity index (χ0) is 13.4. The SMILES string of the molecule is COCCCNC(=O)CNc1ccc(I)cc1Br. The number of hydrogen-bond acceptors (Lipinski definition) is 3. The fourth-order valence-corrected chi connectivity index (χ4v) is 2.75. The minimum atomic E-state index is -0.0171. The molecule has 0 aromatic heterocycles. The van der Waals surface area contributed by atoms with Gasteiger partial charge in [0.1, 0.15) is 0 Å². The Labute approximate surface area is 129 Å². The zero-order valence-electron chi connectivity index (χ0n) is 10.1. The summed E-state index contributed by atoms with van der Waals surface area (Å²) in [5.74, 6) is -0.0171. The molecular weight excluding hydrogens is 411 g/mol. The predicted molar refractivity (Wildman–Crippen MR) is 84.9 cm³/mol. The first-order valence-corrected chi connectivity index (χ1v) is 7.45. The van der Waals surface area contributed by atoms with Crippen molar-refractivity contribution in [3.63, 3.8) is 0 Å². The highest BCUT2D eigenvalue weighted by Crippen LogP contribution is 2.23. The molecule has 0 aliphatic heterocycles. The number of nitrogens with one attached hydrogen (secondary N) is 2. The van der Waals surface area contributed by atoms with Crippen LogP contribution in [0.15, 0.2) is 22.7 Å². The van der Waals surface area contributed by atoms with E-state index >= 15 is 0 Å². The molecule has 0 unspecified atom stereocenters. The van der Waals surface area contributed by atoms with Gasteiger partial charge in [0.15, 0.2) is 0 Å². The molecule has 0 saturated heterocycles. The first-order chi connectivity index (χ1) is 8.63. The molecule has 0 radical (unpaired) electrons. The van der Waals surface area contributed by atoms with Gasteiger partial charge in [0.2, 0.25) is 5.91 Å². The fraction of sp³-hybridized carbons (Fsp3) is 0.417. The molecule has 1 amide bonds. The Morgan fingerprint density at radius 3 is 2.94 bits per heavy atom. The maximum Gasteiger partial charge on any atom is 0.239 e. The highest BCUT2D eigenvalue weighted by molar-refractivity contribution is 14.1. The average molecular weight is 427 g/mol. The van der Waals surface area contributed by atoms with Gasteiger partial charge >= 0.3 is 0 Å². The van der Waals surface area contributed by atoms with Crippen molar-refractivity contribution in [2.45, 2.75) is 6.42 Å². The number of carbonyl (C=O) groups excluding carboxylic acids is 1. The third kappa shape index (κ3) is 6.01. The Kier molecular flexibility index (Phi) is 7.60. The second-order valence-corrected chi connectivity index (χ2v) is 5.77. The number of carbonyl (C=O) groups is 1. The minimum Gasteiger partial charge on any atom is -0.385 e. The second kappa shape index (κ2) is 8.71. The number of benzene rings is 1.